The van der Waals surface area contributed by atoms with Crippen LogP contribution in [-0.2, 0) is 56.0 Å². The topological polar surface area (TPSA) is 396 Å². The van der Waals surface area contributed by atoms with Crippen molar-refractivity contribution in [2.45, 2.75) is 100 Å². The maximum Gasteiger partial charge on any atom is 0.326 e. The van der Waals surface area contributed by atoms with Gasteiger partial charge in [-0.2, -0.15) is 0 Å². The number of unbranched alkanes of at least 4 members (excludes halogenated alkanes) is 2. The highest BCUT2D eigenvalue weighted by Gasteiger charge is 2.32. The molecule has 0 heterocycles. The minimum atomic E-state index is -1.66. The fourth-order valence-corrected chi connectivity index (χ4v) is 6.00. The van der Waals surface area contributed by atoms with Crippen LogP contribution in [-0.4, -0.2) is 119 Å². The van der Waals surface area contributed by atoms with Crippen LogP contribution in [0.5, 0.6) is 5.75 Å². The molecule has 340 valence electrons. The summed E-state index contributed by atoms with van der Waals surface area (Å²) in [6, 6.07) is 6.12. The summed E-state index contributed by atoms with van der Waals surface area (Å²) in [6.45, 7) is -0.175. The van der Waals surface area contributed by atoms with E-state index >= 15 is 0 Å². The van der Waals surface area contributed by atoms with Gasteiger partial charge in [0.1, 0.15) is 36.0 Å². The molecule has 0 fully saturated rings. The molecule has 0 radical (unpaired) electrons. The number of hydrogen-bond donors (Lipinski definition) is 13. The van der Waals surface area contributed by atoms with E-state index in [0.717, 1.165) is 5.56 Å². The summed E-state index contributed by atoms with van der Waals surface area (Å²) < 4.78 is 0. The zero-order chi connectivity index (χ0) is 46.2. The van der Waals surface area contributed by atoms with E-state index in [0.29, 0.717) is 31.2 Å². The van der Waals surface area contributed by atoms with Crippen LogP contribution in [0.15, 0.2) is 54.6 Å². The fourth-order valence-electron chi connectivity index (χ4n) is 6.00. The van der Waals surface area contributed by atoms with Gasteiger partial charge < -0.3 is 70.8 Å². The number of hydrogen-bond acceptors (Lipinski definition) is 13. The van der Waals surface area contributed by atoms with Crippen molar-refractivity contribution in [2.75, 3.05) is 19.6 Å². The Kier molecular flexibility index (Phi) is 22.6. The highest BCUT2D eigenvalue weighted by Crippen LogP contribution is 2.13. The van der Waals surface area contributed by atoms with E-state index in [-0.39, 0.29) is 44.5 Å². The Balaban J connectivity index is 2.28. The van der Waals surface area contributed by atoms with Gasteiger partial charge in [0.2, 0.25) is 47.3 Å². The summed E-state index contributed by atoms with van der Waals surface area (Å²) in [5.41, 5.74) is 29.0. The van der Waals surface area contributed by atoms with Gasteiger partial charge >= 0.3 is 5.97 Å². The van der Waals surface area contributed by atoms with E-state index in [1.54, 1.807) is 30.3 Å². The molecule has 0 aliphatic carbocycles. The zero-order valence-corrected chi connectivity index (χ0v) is 34.3. The van der Waals surface area contributed by atoms with Crippen molar-refractivity contribution in [3.63, 3.8) is 0 Å². The number of phenolic OH excluding ortho intramolecular Hbond substituents is 1. The highest BCUT2D eigenvalue weighted by atomic mass is 16.4. The molecule has 0 unspecified atom stereocenters. The lowest BCUT2D eigenvalue weighted by molar-refractivity contribution is -0.143. The van der Waals surface area contributed by atoms with Crippen molar-refractivity contribution in [2.24, 2.45) is 28.7 Å². The molecule has 2 rings (SSSR count). The number of aromatic hydroxyl groups is 1. The van der Waals surface area contributed by atoms with Crippen molar-refractivity contribution in [1.82, 2.24) is 31.9 Å². The summed E-state index contributed by atoms with van der Waals surface area (Å²) in [5.74, 6) is -8.77. The largest absolute Gasteiger partial charge is 0.508 e. The summed E-state index contributed by atoms with van der Waals surface area (Å²) in [5, 5.41) is 33.8. The normalized spacial score (nSPS) is 13.7. The van der Waals surface area contributed by atoms with Gasteiger partial charge in [0.25, 0.3) is 0 Å². The van der Waals surface area contributed by atoms with Crippen LogP contribution >= 0.6 is 0 Å². The van der Waals surface area contributed by atoms with E-state index in [9.17, 15) is 53.4 Å². The Morgan fingerprint density at radius 1 is 0.532 bits per heavy atom. The first-order chi connectivity index (χ1) is 29.4. The van der Waals surface area contributed by atoms with Crippen LogP contribution < -0.4 is 60.6 Å². The Labute approximate surface area is 358 Å². The molecule has 8 amide bonds. The molecule has 0 spiro atoms. The summed E-state index contributed by atoms with van der Waals surface area (Å²) >= 11 is 0. The minimum Gasteiger partial charge on any atom is -0.508 e. The summed E-state index contributed by atoms with van der Waals surface area (Å²) in [6.07, 6.45) is 0.202. The number of amides is 8. The number of primary amides is 2. The van der Waals surface area contributed by atoms with Gasteiger partial charge in [0.15, 0.2) is 0 Å². The number of nitrogens with one attached hydrogen (secondary N) is 6. The maximum atomic E-state index is 14.0. The van der Waals surface area contributed by atoms with Crippen molar-refractivity contribution >= 4 is 53.2 Å². The number of carbonyl (C=O) groups is 9. The molecule has 2 aromatic rings. The SMILES string of the molecule is NCCCC[C@H](NC(=O)CNC(=O)[C@H](CCCCN)NC(=O)[C@H](Cc1ccc(O)cc1)NC(=O)[C@H](CC(N)=O)NC(=O)[C@@H](N)Cc1ccccc1)C(=O)N[C@@H](CC(N)=O)C(=O)O. The monoisotopic (exact) mass is 869 g/mol. The lowest BCUT2D eigenvalue weighted by Crippen LogP contribution is -2.59. The molecule has 0 aliphatic heterocycles. The molecule has 62 heavy (non-hydrogen) atoms. The first kappa shape index (κ1) is 51.5. The molecule has 6 atom stereocenters. The number of carboxylic acids is 1. The van der Waals surface area contributed by atoms with E-state index in [4.69, 9.17) is 28.7 Å². The van der Waals surface area contributed by atoms with Crippen LogP contribution in [0.3, 0.4) is 0 Å². The first-order valence-corrected chi connectivity index (χ1v) is 20.0. The number of aliphatic carboxylic acids is 1. The van der Waals surface area contributed by atoms with E-state index in [1.165, 1.54) is 24.3 Å². The standard InChI is InChI=1S/C40H59N11O11/c41-16-6-4-10-27(36(57)46-22-34(55)47-28(11-5-7-17-42)37(58)51-31(40(61)62)21-33(45)54)48-38(59)29(19-24-12-14-25(52)15-13-24)50-39(60)30(20-32(44)53)49-35(56)26(43)18-23-8-2-1-3-9-23/h1-3,8-9,12-15,26-31,52H,4-7,10-11,16-22,41-43H2,(H2,44,53)(H2,45,54)(H,46,57)(H,47,55)(H,48,59)(H,49,56)(H,50,60)(H,51,58)(H,61,62)/t26-,27-,28-,29-,30-,31-/m0/s1. The average Bonchev–Trinajstić information content (AvgIpc) is 3.22. The molecular weight excluding hydrogens is 811 g/mol. The minimum absolute atomic E-state index is 0.0243. The Morgan fingerprint density at radius 3 is 1.55 bits per heavy atom. The second kappa shape index (κ2) is 27.2. The fraction of sp³-hybridized carbons (Fsp3) is 0.475. The molecule has 18 N–H and O–H groups in total. The average molecular weight is 870 g/mol. The lowest BCUT2D eigenvalue weighted by Gasteiger charge is -2.26. The van der Waals surface area contributed by atoms with E-state index in [1.807, 2.05) is 0 Å². The number of rotatable bonds is 29. The molecule has 0 saturated carbocycles. The van der Waals surface area contributed by atoms with Crippen molar-refractivity contribution in [1.29, 1.82) is 0 Å². The van der Waals surface area contributed by atoms with Crippen molar-refractivity contribution < 1.29 is 53.4 Å². The summed E-state index contributed by atoms with van der Waals surface area (Å²) in [7, 11) is 0. The number of carbonyl (C=O) groups excluding carboxylic acids is 8. The van der Waals surface area contributed by atoms with Gasteiger partial charge in [-0.15, -0.1) is 0 Å². The first-order valence-electron chi connectivity index (χ1n) is 20.0. The van der Waals surface area contributed by atoms with E-state index in [2.05, 4.69) is 31.9 Å². The number of benzene rings is 2. The molecular formula is C40H59N11O11. The van der Waals surface area contributed by atoms with Gasteiger partial charge in [0, 0.05) is 6.42 Å². The molecule has 0 aromatic heterocycles. The third kappa shape index (κ3) is 19.6. The predicted octanol–water partition coefficient (Wildman–Crippen LogP) is -3.86. The van der Waals surface area contributed by atoms with Crippen LogP contribution in [0.2, 0.25) is 0 Å². The van der Waals surface area contributed by atoms with Gasteiger partial charge in [-0.25, -0.2) is 4.79 Å². The lowest BCUT2D eigenvalue weighted by atomic mass is 10.0. The second-order valence-corrected chi connectivity index (χ2v) is 14.5. The van der Waals surface area contributed by atoms with Crippen LogP contribution in [0.4, 0.5) is 0 Å². The molecule has 2 aromatic carbocycles. The number of nitrogens with two attached hydrogens (primary N) is 5. The predicted molar refractivity (Wildman–Crippen MR) is 224 cm³/mol. The van der Waals surface area contributed by atoms with Gasteiger partial charge in [-0.05, 0) is 81.3 Å². The quantitative estimate of drug-likeness (QED) is 0.0348. The van der Waals surface area contributed by atoms with Gasteiger partial charge in [-0.1, -0.05) is 42.5 Å². The smallest absolute Gasteiger partial charge is 0.326 e. The Morgan fingerprint density at radius 2 is 1.00 bits per heavy atom. The summed E-state index contributed by atoms with van der Waals surface area (Å²) in [4.78, 5) is 115. The van der Waals surface area contributed by atoms with Gasteiger partial charge in [0.05, 0.1) is 25.4 Å². The number of carboxylic acid groups (broad SMARTS) is 1. The van der Waals surface area contributed by atoms with Crippen LogP contribution in [0.1, 0.15) is 62.5 Å². The highest BCUT2D eigenvalue weighted by molar-refractivity contribution is 5.97. The number of phenols is 1. The molecule has 0 aliphatic rings. The van der Waals surface area contributed by atoms with Gasteiger partial charge in [-0.3, -0.25) is 38.4 Å². The third-order valence-electron chi connectivity index (χ3n) is 9.30. The molecule has 0 saturated heterocycles. The second-order valence-electron chi connectivity index (χ2n) is 14.5. The van der Waals surface area contributed by atoms with Crippen LogP contribution in [0.25, 0.3) is 0 Å². The van der Waals surface area contributed by atoms with Crippen LogP contribution in [0, 0.1) is 0 Å². The van der Waals surface area contributed by atoms with Crippen molar-refractivity contribution in [3.05, 3.63) is 65.7 Å². The maximum absolute atomic E-state index is 14.0. The Hall–Kier alpha value is -6.65. The molecule has 22 nitrogen and oxygen atoms in total. The van der Waals surface area contributed by atoms with Crippen molar-refractivity contribution in [3.8, 4) is 5.75 Å². The zero-order valence-electron chi connectivity index (χ0n) is 34.3. The Bertz CT molecular complexity index is 1830. The van der Waals surface area contributed by atoms with E-state index < -0.39 is 109 Å². The molecule has 22 heteroatoms. The third-order valence-corrected chi connectivity index (χ3v) is 9.30. The molecule has 0 bridgehead atoms.